The topological polar surface area (TPSA) is 118 Å². The molecule has 0 aliphatic rings. The van der Waals surface area contributed by atoms with Crippen molar-refractivity contribution >= 4 is 22.6 Å². The smallest absolute Gasteiger partial charge is 0.335 e. The molecule has 0 spiro atoms. The predicted molar refractivity (Wildman–Crippen MR) is 129 cm³/mol. The highest BCUT2D eigenvalue weighted by atomic mass is 16.5. The fourth-order valence-electron chi connectivity index (χ4n) is 3.91. The third-order valence-corrected chi connectivity index (χ3v) is 5.71. The Kier molecular flexibility index (Phi) is 6.77. The molecule has 1 heterocycles. The fraction of sp³-hybridized carbons (Fsp3) is 0.185. The molecule has 0 bridgehead atoms. The number of hydrogen-bond acceptors (Lipinski definition) is 6. The molecule has 4 aromatic rings. The lowest BCUT2D eigenvalue weighted by Crippen LogP contribution is -2.23. The molecule has 0 aliphatic heterocycles. The molecule has 4 N–H and O–H groups in total. The van der Waals surface area contributed by atoms with Crippen molar-refractivity contribution in [3.63, 3.8) is 0 Å². The van der Waals surface area contributed by atoms with E-state index in [0.717, 1.165) is 29.6 Å². The lowest BCUT2D eigenvalue weighted by molar-refractivity contribution is -0.0424. The van der Waals surface area contributed by atoms with Crippen molar-refractivity contribution in [2.45, 2.75) is 26.2 Å². The SMILES string of the molecule is CCCN(Cc1ccc(C(O)O)cc1)c1ccc2cc(-c3ccc(C(=O)O)cc3)c(=N)oc2c1. The highest BCUT2D eigenvalue weighted by molar-refractivity contribution is 5.89. The van der Waals surface area contributed by atoms with Crippen LogP contribution < -0.4 is 10.5 Å². The normalized spacial score (nSPS) is 11.2. The van der Waals surface area contributed by atoms with Crippen LogP contribution in [-0.2, 0) is 6.54 Å². The molecular weight excluding hydrogens is 432 g/mol. The van der Waals surface area contributed by atoms with E-state index in [-0.39, 0.29) is 11.1 Å². The molecule has 0 unspecified atom stereocenters. The second kappa shape index (κ2) is 9.91. The highest BCUT2D eigenvalue weighted by Gasteiger charge is 2.12. The first kappa shape index (κ1) is 23.2. The molecule has 174 valence electrons. The van der Waals surface area contributed by atoms with Crippen LogP contribution in [0.25, 0.3) is 22.1 Å². The van der Waals surface area contributed by atoms with E-state index in [2.05, 4.69) is 11.8 Å². The van der Waals surface area contributed by atoms with Gasteiger partial charge in [-0.25, -0.2) is 4.79 Å². The summed E-state index contributed by atoms with van der Waals surface area (Å²) < 4.78 is 5.85. The highest BCUT2D eigenvalue weighted by Crippen LogP contribution is 2.27. The van der Waals surface area contributed by atoms with E-state index < -0.39 is 12.3 Å². The van der Waals surface area contributed by atoms with Crippen LogP contribution in [0.4, 0.5) is 5.69 Å². The number of aliphatic hydroxyl groups is 2. The van der Waals surface area contributed by atoms with Gasteiger partial charge in [-0.15, -0.1) is 0 Å². The van der Waals surface area contributed by atoms with Gasteiger partial charge in [0.15, 0.2) is 6.29 Å². The van der Waals surface area contributed by atoms with Gasteiger partial charge < -0.3 is 24.6 Å². The number of carboxylic acids is 1. The maximum absolute atomic E-state index is 11.1. The standard InChI is InChI=1S/C27H26N2O5/c1-2-13-29(16-17-3-5-19(6-4-17)26(30)31)22-12-11-21-14-23(25(28)34-24(21)15-22)18-7-9-20(10-8-18)27(32)33/h3-12,14-15,26,28,30-31H,2,13,16H2,1H3,(H,32,33). The Balaban J connectivity index is 1.64. The van der Waals surface area contributed by atoms with Gasteiger partial charge >= 0.3 is 5.97 Å². The first-order valence-electron chi connectivity index (χ1n) is 11.0. The maximum atomic E-state index is 11.1. The maximum Gasteiger partial charge on any atom is 0.335 e. The van der Waals surface area contributed by atoms with Gasteiger partial charge in [0.2, 0.25) is 5.55 Å². The van der Waals surface area contributed by atoms with Crippen LogP contribution in [0.5, 0.6) is 0 Å². The van der Waals surface area contributed by atoms with Crippen LogP contribution in [0.1, 0.15) is 41.1 Å². The van der Waals surface area contributed by atoms with Gasteiger partial charge in [-0.05, 0) is 47.9 Å². The van der Waals surface area contributed by atoms with Gasteiger partial charge in [-0.1, -0.05) is 43.3 Å². The summed E-state index contributed by atoms with van der Waals surface area (Å²) in [5.74, 6) is -0.994. The summed E-state index contributed by atoms with van der Waals surface area (Å²) in [4.78, 5) is 13.3. The Morgan fingerprint density at radius 2 is 1.71 bits per heavy atom. The third-order valence-electron chi connectivity index (χ3n) is 5.71. The Morgan fingerprint density at radius 3 is 2.32 bits per heavy atom. The van der Waals surface area contributed by atoms with E-state index in [9.17, 15) is 15.0 Å². The Hall–Kier alpha value is -3.94. The van der Waals surface area contributed by atoms with Crippen LogP contribution in [0.2, 0.25) is 0 Å². The number of carboxylic acid groups (broad SMARTS) is 1. The average Bonchev–Trinajstić information content (AvgIpc) is 2.83. The summed E-state index contributed by atoms with van der Waals surface area (Å²) in [5.41, 5.74) is 4.55. The summed E-state index contributed by atoms with van der Waals surface area (Å²) in [6.07, 6.45) is -0.542. The molecule has 0 atom stereocenters. The molecule has 1 aromatic heterocycles. The number of rotatable bonds is 8. The minimum Gasteiger partial charge on any atom is -0.478 e. The van der Waals surface area contributed by atoms with Crippen molar-refractivity contribution < 1.29 is 24.5 Å². The van der Waals surface area contributed by atoms with Crippen molar-refractivity contribution in [3.8, 4) is 11.1 Å². The number of aliphatic hydroxyl groups excluding tert-OH is 1. The molecule has 0 aliphatic carbocycles. The molecule has 0 fully saturated rings. The molecule has 0 saturated heterocycles. The number of nitrogens with zero attached hydrogens (tertiary/aromatic N) is 1. The number of anilines is 1. The van der Waals surface area contributed by atoms with Crippen molar-refractivity contribution in [3.05, 3.63) is 95.0 Å². The number of carbonyl (C=O) groups is 1. The number of fused-ring (bicyclic) bond motifs is 1. The zero-order valence-corrected chi connectivity index (χ0v) is 18.7. The predicted octanol–water partition coefficient (Wildman–Crippen LogP) is 4.68. The van der Waals surface area contributed by atoms with Crippen LogP contribution in [0, 0.1) is 5.41 Å². The van der Waals surface area contributed by atoms with Gasteiger partial charge in [0.25, 0.3) is 0 Å². The Bertz CT molecular complexity index is 1360. The number of nitrogens with one attached hydrogen (secondary N) is 1. The molecule has 4 rings (SSSR count). The van der Waals surface area contributed by atoms with Crippen LogP contribution in [0.15, 0.2) is 77.2 Å². The van der Waals surface area contributed by atoms with E-state index in [1.54, 1.807) is 24.3 Å². The van der Waals surface area contributed by atoms with Crippen LogP contribution in [-0.4, -0.2) is 27.8 Å². The molecular formula is C27H26N2O5. The minimum atomic E-state index is -1.48. The van der Waals surface area contributed by atoms with Gasteiger partial charge in [-0.2, -0.15) is 0 Å². The van der Waals surface area contributed by atoms with Crippen molar-refractivity contribution in [2.24, 2.45) is 0 Å². The molecule has 0 saturated carbocycles. The quantitative estimate of drug-likeness (QED) is 0.285. The van der Waals surface area contributed by atoms with Gasteiger partial charge in [0.1, 0.15) is 5.58 Å². The molecule has 34 heavy (non-hydrogen) atoms. The second-order valence-electron chi connectivity index (χ2n) is 8.13. The summed E-state index contributed by atoms with van der Waals surface area (Å²) in [5, 5.41) is 36.9. The molecule has 3 aromatic carbocycles. The molecule has 0 amide bonds. The molecule has 0 radical (unpaired) electrons. The summed E-state index contributed by atoms with van der Waals surface area (Å²) in [7, 11) is 0. The van der Waals surface area contributed by atoms with E-state index >= 15 is 0 Å². The van der Waals surface area contributed by atoms with Crippen molar-refractivity contribution in [1.82, 2.24) is 0 Å². The monoisotopic (exact) mass is 458 g/mol. The lowest BCUT2D eigenvalue weighted by Gasteiger charge is -2.25. The van der Waals surface area contributed by atoms with Crippen molar-refractivity contribution in [1.29, 1.82) is 5.41 Å². The minimum absolute atomic E-state index is 0.00733. The largest absolute Gasteiger partial charge is 0.478 e. The third kappa shape index (κ3) is 5.01. The van der Waals surface area contributed by atoms with E-state index in [1.807, 2.05) is 36.4 Å². The number of benzene rings is 3. The number of aromatic carboxylic acids is 1. The van der Waals surface area contributed by atoms with Gasteiger partial charge in [0, 0.05) is 41.4 Å². The molecule has 7 nitrogen and oxygen atoms in total. The average molecular weight is 459 g/mol. The number of hydrogen-bond donors (Lipinski definition) is 4. The lowest BCUT2D eigenvalue weighted by atomic mass is 10.0. The van der Waals surface area contributed by atoms with E-state index in [4.69, 9.17) is 14.9 Å². The van der Waals surface area contributed by atoms with E-state index in [0.29, 0.717) is 28.8 Å². The van der Waals surface area contributed by atoms with Gasteiger partial charge in [0.05, 0.1) is 5.56 Å². The first-order chi connectivity index (χ1) is 16.4. The van der Waals surface area contributed by atoms with Crippen molar-refractivity contribution in [2.75, 3.05) is 11.4 Å². The Labute approximate surface area is 196 Å². The van der Waals surface area contributed by atoms with E-state index in [1.165, 1.54) is 12.1 Å². The first-order valence-corrected chi connectivity index (χ1v) is 11.0. The van der Waals surface area contributed by atoms with Gasteiger partial charge in [-0.3, -0.25) is 5.41 Å². The Morgan fingerprint density at radius 1 is 1.00 bits per heavy atom. The zero-order valence-electron chi connectivity index (χ0n) is 18.7. The van der Waals surface area contributed by atoms with Crippen LogP contribution in [0.3, 0.4) is 0 Å². The fourth-order valence-corrected chi connectivity index (χ4v) is 3.91. The van der Waals surface area contributed by atoms with Crippen LogP contribution >= 0.6 is 0 Å². The molecule has 7 heteroatoms. The second-order valence-corrected chi connectivity index (χ2v) is 8.13. The summed E-state index contributed by atoms with van der Waals surface area (Å²) >= 11 is 0. The summed E-state index contributed by atoms with van der Waals surface area (Å²) in [6.45, 7) is 3.56. The summed E-state index contributed by atoms with van der Waals surface area (Å²) in [6, 6.07) is 21.3. The zero-order chi connectivity index (χ0) is 24.2.